The lowest BCUT2D eigenvalue weighted by Gasteiger charge is -2.32. The van der Waals surface area contributed by atoms with Crippen molar-refractivity contribution >= 4 is 148 Å². The number of rotatable bonds is 65. The number of carboxylic acids is 1. The molecule has 0 radical (unpaired) electrons. The molecule has 47 nitrogen and oxygen atoms in total. The Hall–Kier alpha value is -12.3. The number of aliphatic hydroxyl groups excluding tert-OH is 3. The van der Waals surface area contributed by atoms with Gasteiger partial charge in [0, 0.05) is 19.4 Å². The SMILES string of the molecule is CC[C@H](C)[C@H](NC(=O)[C@@H]1CCCN1C(=O)[C@@H](NC(=O)CNC(=O)[C@H](CC(C)C)NC(=O)[C@H](C)NC(=O)[C@@H](N)CCSC)C(C)C)C(=O)N[C@@H](CO)C(=O)N[C@H](C(=O)N[C@@H](Cc1ccc(O)cc1)C(=O)N[C@@H](CC(C)C)C(=O)N[C@@H](CC(C)C)C(=O)N[C@@H](Cc1ccccc1)C(=O)N[C@@H](CC(N)=O)C(=O)N[C@@H](C)C(=O)N[C@@H](CCSC)C(=O)N[C@H](C(=O)N[C@@H](C)C(=O)N[C@@H](CC(C)C)C(=O)N[C@H](C(=O)O)[C@@H](C)O)[C@@H](C)O)C(C)C. The lowest BCUT2D eigenvalue weighted by Crippen LogP contribution is -2.62. The van der Waals surface area contributed by atoms with Crippen molar-refractivity contribution in [2.45, 2.75) is 336 Å². The number of nitrogens with two attached hydrogens (primary N) is 2. The zero-order chi connectivity index (χ0) is 112. The van der Waals surface area contributed by atoms with Crippen LogP contribution in [0, 0.1) is 41.4 Å². The van der Waals surface area contributed by atoms with Crippen LogP contribution in [0.25, 0.3) is 0 Å². The fourth-order valence-corrected chi connectivity index (χ4v) is 16.6. The monoisotopic (exact) mass is 2120 g/mol. The molecule has 1 heterocycles. The maximum Gasteiger partial charge on any atom is 0.328 e. The third kappa shape index (κ3) is 45.0. The van der Waals surface area contributed by atoms with Crippen LogP contribution in [0.5, 0.6) is 5.75 Å². The molecule has 22 atom stereocenters. The van der Waals surface area contributed by atoms with Gasteiger partial charge >= 0.3 is 5.97 Å². The number of carboxylic acid groups (broad SMARTS) is 1. The number of aliphatic carboxylic acids is 1. The van der Waals surface area contributed by atoms with Crippen molar-refractivity contribution in [3.63, 3.8) is 0 Å². The number of hydrogen-bond acceptors (Lipinski definition) is 28. The van der Waals surface area contributed by atoms with E-state index in [0.717, 1.165) is 13.8 Å². The number of thioether (sulfide) groups is 2. The van der Waals surface area contributed by atoms with Crippen LogP contribution in [0.15, 0.2) is 54.6 Å². The minimum absolute atomic E-state index is 0.00690. The summed E-state index contributed by atoms with van der Waals surface area (Å²) in [5, 5.41) is 97.1. The molecular weight excluding hydrogens is 1960 g/mol. The standard InChI is InChI=1S/C99H161N21O26S2/c1-22-54(14)78(117-94(140)73-29-26-36-120(73)98(144)77(53(12)13)115-75(126)46-102-85(131)65(39-48(2)3)107-82(128)55(15)103-84(130)63(100)34-37-147-20)96(142)114-72(47-121)93(139)116-76(52(10)11)95(141)113-70(44-61-30-32-62(124)33-31-61)91(137)110-66(40-49(4)5)88(134)109-67(41-50(6)7)89(135)111-69(43-60-27-24-23-25-28-60)90(136)112-71(45-74(101)125)87(133)104-56(16)81(127)106-64(35-38-148-21)86(132)118-79(58(18)122)97(143)105-57(17)83(129)108-68(42-51(8)9)92(138)119-80(59(19)123)99(145)146/h23-25,27-28,30-33,48-59,63-73,76-80,121-124H,22,26,29,34-47,100H2,1-21H3,(H2,101,125)(H,102,131)(H,103,130)(H,104,133)(H,105,143)(H,106,127)(H,107,128)(H,108,129)(H,109,134)(H,110,137)(H,111,135)(H,112,136)(H,113,141)(H,114,142)(H,115,126)(H,116,139)(H,117,140)(H,118,132)(H,119,138)(H,145,146)/t54-,55-,56-,57-,58+,59+,63-,64-,65-,66-,67-,68-,69-,70-,71-,72-,73-,76-,77-,78-,79-,80-/m0/s1. The van der Waals surface area contributed by atoms with Gasteiger partial charge in [-0.15, -0.1) is 0 Å². The van der Waals surface area contributed by atoms with E-state index in [9.17, 15) is 121 Å². The molecule has 0 bridgehead atoms. The van der Waals surface area contributed by atoms with Crippen molar-refractivity contribution in [1.82, 2.24) is 101 Å². The number of aromatic hydroxyl groups is 1. The molecule has 0 aromatic heterocycles. The van der Waals surface area contributed by atoms with E-state index in [0.29, 0.717) is 29.7 Å². The summed E-state index contributed by atoms with van der Waals surface area (Å²) in [4.78, 5) is 294. The summed E-state index contributed by atoms with van der Waals surface area (Å²) in [5.41, 5.74) is 12.5. The molecule has 1 fully saturated rings. The van der Waals surface area contributed by atoms with Gasteiger partial charge in [-0.3, -0.25) is 95.9 Å². The number of nitrogens with one attached hydrogen (secondary N) is 18. The Balaban J connectivity index is 1.89. The number of hydrogen-bond donors (Lipinski definition) is 25. The van der Waals surface area contributed by atoms with E-state index >= 15 is 4.79 Å². The second-order valence-electron chi connectivity index (χ2n) is 39.9. The average molecular weight is 2130 g/mol. The van der Waals surface area contributed by atoms with E-state index in [1.165, 1.54) is 73.5 Å². The number of primary amides is 1. The number of benzene rings is 2. The van der Waals surface area contributed by atoms with Crippen molar-refractivity contribution < 1.29 is 126 Å². The Morgan fingerprint density at radius 1 is 0.392 bits per heavy atom. The molecule has 3 rings (SSSR count). The topological polar surface area (TPSA) is 731 Å². The van der Waals surface area contributed by atoms with E-state index in [-0.39, 0.29) is 99.5 Å². The van der Waals surface area contributed by atoms with E-state index < -0.39 is 288 Å². The molecule has 830 valence electrons. The number of nitrogens with zero attached hydrogens (tertiary/aromatic N) is 1. The first-order valence-corrected chi connectivity index (χ1v) is 52.9. The predicted octanol–water partition coefficient (Wildman–Crippen LogP) is -3.32. The summed E-state index contributed by atoms with van der Waals surface area (Å²) in [6.07, 6.45) is -0.189. The molecule has 0 aliphatic carbocycles. The minimum Gasteiger partial charge on any atom is -0.508 e. The number of likely N-dealkylation sites (tertiary alicyclic amines) is 1. The van der Waals surface area contributed by atoms with Crippen LogP contribution >= 0.6 is 23.5 Å². The van der Waals surface area contributed by atoms with Crippen LogP contribution in [0.1, 0.15) is 207 Å². The second-order valence-corrected chi connectivity index (χ2v) is 41.9. The first kappa shape index (κ1) is 130. The maximum absolute atomic E-state index is 15.1. The van der Waals surface area contributed by atoms with Gasteiger partial charge < -0.3 is 138 Å². The second kappa shape index (κ2) is 64.8. The van der Waals surface area contributed by atoms with Crippen LogP contribution < -0.4 is 107 Å². The highest BCUT2D eigenvalue weighted by Crippen LogP contribution is 2.24. The zero-order valence-electron chi connectivity index (χ0n) is 88.6. The zero-order valence-corrected chi connectivity index (χ0v) is 90.2. The number of carbonyl (C=O) groups excluding carboxylic acids is 20. The van der Waals surface area contributed by atoms with Crippen molar-refractivity contribution in [2.75, 3.05) is 43.7 Å². The van der Waals surface area contributed by atoms with E-state index in [1.807, 2.05) is 20.1 Å². The van der Waals surface area contributed by atoms with Crippen LogP contribution in [-0.2, 0) is 114 Å². The van der Waals surface area contributed by atoms with Crippen LogP contribution in [0.2, 0.25) is 0 Å². The van der Waals surface area contributed by atoms with Crippen LogP contribution in [0.3, 0.4) is 0 Å². The number of carbonyl (C=O) groups is 21. The molecule has 2 aromatic rings. The fraction of sp³-hybridized carbons (Fsp3) is 0.667. The summed E-state index contributed by atoms with van der Waals surface area (Å²) >= 11 is 2.75. The van der Waals surface area contributed by atoms with E-state index in [1.54, 1.807) is 120 Å². The molecule has 20 amide bonds. The highest BCUT2D eigenvalue weighted by Gasteiger charge is 2.45. The highest BCUT2D eigenvalue weighted by atomic mass is 32.2. The van der Waals surface area contributed by atoms with Gasteiger partial charge in [-0.25, -0.2) is 4.79 Å². The van der Waals surface area contributed by atoms with Crippen molar-refractivity contribution in [3.8, 4) is 5.75 Å². The minimum atomic E-state index is -1.87. The van der Waals surface area contributed by atoms with Gasteiger partial charge in [0.2, 0.25) is 118 Å². The highest BCUT2D eigenvalue weighted by molar-refractivity contribution is 7.98. The van der Waals surface area contributed by atoms with Crippen molar-refractivity contribution in [3.05, 3.63) is 65.7 Å². The van der Waals surface area contributed by atoms with Gasteiger partial charge in [0.25, 0.3) is 0 Å². The molecule has 1 aliphatic heterocycles. The molecule has 27 N–H and O–H groups in total. The molecule has 0 saturated carbocycles. The lowest BCUT2D eigenvalue weighted by atomic mass is 9.97. The van der Waals surface area contributed by atoms with Gasteiger partial charge in [-0.2, -0.15) is 23.5 Å². The lowest BCUT2D eigenvalue weighted by molar-refractivity contribution is -0.145. The van der Waals surface area contributed by atoms with Gasteiger partial charge in [-0.1, -0.05) is 146 Å². The molecule has 0 unspecified atom stereocenters. The molecule has 0 spiro atoms. The van der Waals surface area contributed by atoms with Gasteiger partial charge in [0.15, 0.2) is 6.04 Å². The molecule has 49 heteroatoms. The van der Waals surface area contributed by atoms with Crippen LogP contribution in [0.4, 0.5) is 0 Å². The largest absolute Gasteiger partial charge is 0.508 e. The number of amides is 20. The Morgan fingerprint density at radius 2 is 0.757 bits per heavy atom. The molecular formula is C99H161N21O26S2. The van der Waals surface area contributed by atoms with Gasteiger partial charge in [0.05, 0.1) is 37.8 Å². The average Bonchev–Trinajstić information content (AvgIpc) is 1.63. The number of aliphatic hydroxyl groups is 3. The summed E-state index contributed by atoms with van der Waals surface area (Å²) in [5.74, 6) is -22.4. The summed E-state index contributed by atoms with van der Waals surface area (Å²) in [6, 6.07) is -13.9. The third-order valence-electron chi connectivity index (χ3n) is 24.3. The van der Waals surface area contributed by atoms with Crippen LogP contribution in [-0.4, -0.2) is 325 Å². The summed E-state index contributed by atoms with van der Waals surface area (Å²) < 4.78 is 0. The summed E-state index contributed by atoms with van der Waals surface area (Å²) in [6.45, 7) is 28.2. The third-order valence-corrected chi connectivity index (χ3v) is 25.6. The normalized spacial score (nSPS) is 16.7. The molecule has 148 heavy (non-hydrogen) atoms. The smallest absolute Gasteiger partial charge is 0.328 e. The quantitative estimate of drug-likeness (QED) is 0.0308. The van der Waals surface area contributed by atoms with Crippen molar-refractivity contribution in [2.24, 2.45) is 52.9 Å². The fourth-order valence-electron chi connectivity index (χ4n) is 15.6. The van der Waals surface area contributed by atoms with E-state index in [4.69, 9.17) is 11.5 Å². The maximum atomic E-state index is 15.1. The Kier molecular flexibility index (Phi) is 56.8. The first-order valence-electron chi connectivity index (χ1n) is 50.1. The predicted molar refractivity (Wildman–Crippen MR) is 552 cm³/mol. The van der Waals surface area contributed by atoms with Gasteiger partial charge in [-0.05, 0) is 175 Å². The Labute approximate surface area is 873 Å². The summed E-state index contributed by atoms with van der Waals surface area (Å²) in [7, 11) is 0. The molecule has 1 aliphatic rings. The number of phenols is 1. The first-order chi connectivity index (χ1) is 69.3. The Morgan fingerprint density at radius 3 is 1.20 bits per heavy atom. The molecule has 2 aromatic carbocycles. The van der Waals surface area contributed by atoms with Gasteiger partial charge in [0.1, 0.15) is 108 Å². The van der Waals surface area contributed by atoms with E-state index in [2.05, 4.69) is 95.7 Å². The van der Waals surface area contributed by atoms with Crippen molar-refractivity contribution in [1.29, 1.82) is 0 Å². The Bertz CT molecular complexity index is 4790. The number of phenolic OH excluding ortho intramolecular Hbond substituents is 1. The molecule has 1 saturated heterocycles.